The van der Waals surface area contributed by atoms with E-state index in [9.17, 15) is 53.1 Å². The van der Waals surface area contributed by atoms with E-state index in [4.69, 9.17) is 43.6 Å². The number of nitrogens with zero attached hydrogens (tertiary/aromatic N) is 1. The first kappa shape index (κ1) is 81.2. The number of ketones is 2. The number of aliphatic hydroxyl groups is 1. The lowest BCUT2D eigenvalue weighted by Gasteiger charge is -2.59. The molecule has 0 spiro atoms. The molecular formula is C78H103N9O19. The van der Waals surface area contributed by atoms with Gasteiger partial charge in [-0.25, -0.2) is 9.59 Å². The number of nitrogens with two attached hydrogens (primary N) is 1. The molecule has 106 heavy (non-hydrogen) atoms. The summed E-state index contributed by atoms with van der Waals surface area (Å²) < 4.78 is 46.7. The van der Waals surface area contributed by atoms with Crippen LogP contribution in [-0.2, 0) is 89.4 Å². The van der Waals surface area contributed by atoms with Gasteiger partial charge >= 0.3 is 12.1 Å². The summed E-state index contributed by atoms with van der Waals surface area (Å²) >= 11 is 0. The van der Waals surface area contributed by atoms with Crippen molar-refractivity contribution < 1.29 is 90.9 Å². The molecule has 10 N–H and O–H groups in total. The predicted molar refractivity (Wildman–Crippen MR) is 388 cm³/mol. The van der Waals surface area contributed by atoms with Gasteiger partial charge in [0.2, 0.25) is 35.4 Å². The number of hydrogen-bond acceptors (Lipinski definition) is 19. The number of fused-ring (bicyclic) bond motifs is 9. The van der Waals surface area contributed by atoms with Crippen LogP contribution >= 0.6 is 0 Å². The minimum atomic E-state index is -1.40. The SMILES string of the molecule is CCCC1O[C@@H]2C[C@H]3[C@@H]4CCC5=CC(=O)C=C[C@]5(C)[C@H]4[C@@H](O)C[C@]3(C)[C@]2(C(=O)COCNC(=O)[C@H](C)NC(=O)OCc2ccc(NC(=O)[C@H](CCCNC(N)=O)NC(=O)[C@@H](NC(=O)CCOCCOCCOCCOCCNC(=O)CCC(=O)N3Cc4ccccc4C#Cc4ccccc43)C(C)C)cc2)O1. The molecule has 6 aliphatic rings. The smallest absolute Gasteiger partial charge is 0.408 e. The number of alkyl carbamates (subject to hydrolysis) is 1. The van der Waals surface area contributed by atoms with Crippen LogP contribution in [0, 0.1) is 46.3 Å². The van der Waals surface area contributed by atoms with E-state index in [-0.39, 0.29) is 145 Å². The molecule has 3 saturated carbocycles. The second-order valence-corrected chi connectivity index (χ2v) is 28.5. The first-order chi connectivity index (χ1) is 50.9. The normalized spacial score (nSPS) is 23.8. The van der Waals surface area contributed by atoms with E-state index >= 15 is 0 Å². The monoisotopic (exact) mass is 1470 g/mol. The van der Waals surface area contributed by atoms with Crippen molar-refractivity contribution in [2.45, 2.75) is 168 Å². The van der Waals surface area contributed by atoms with E-state index in [0.29, 0.717) is 62.6 Å². The van der Waals surface area contributed by atoms with Gasteiger partial charge in [-0.15, -0.1) is 0 Å². The van der Waals surface area contributed by atoms with Crippen LogP contribution < -0.4 is 47.9 Å². The van der Waals surface area contributed by atoms with Gasteiger partial charge in [-0.1, -0.05) is 107 Å². The van der Waals surface area contributed by atoms with Crippen LogP contribution in [0.15, 0.2) is 96.6 Å². The lowest BCUT2D eigenvalue weighted by molar-refractivity contribution is -0.201. The Hall–Kier alpha value is -8.92. The van der Waals surface area contributed by atoms with Gasteiger partial charge in [0.15, 0.2) is 23.5 Å². The van der Waals surface area contributed by atoms with Gasteiger partial charge < -0.3 is 90.9 Å². The summed E-state index contributed by atoms with van der Waals surface area (Å²) in [7, 11) is 0. The average molecular weight is 1470 g/mol. The van der Waals surface area contributed by atoms with E-state index in [0.717, 1.165) is 35.1 Å². The van der Waals surface area contributed by atoms with Crippen molar-refractivity contribution in [3.05, 3.63) is 119 Å². The molecule has 2 heterocycles. The number of benzene rings is 3. The van der Waals surface area contributed by atoms with Gasteiger partial charge in [-0.3, -0.25) is 38.4 Å². The Balaban J connectivity index is 0.618. The molecule has 9 rings (SSSR count). The molecule has 4 fully saturated rings. The lowest BCUT2D eigenvalue weighted by atomic mass is 9.46. The summed E-state index contributed by atoms with van der Waals surface area (Å²) in [5.41, 5.74) is 7.71. The zero-order valence-corrected chi connectivity index (χ0v) is 61.4. The third kappa shape index (κ3) is 20.8. The summed E-state index contributed by atoms with van der Waals surface area (Å²) in [6.07, 6.45) is 6.38. The Morgan fingerprint density at radius 2 is 1.43 bits per heavy atom. The molecule has 1 unspecified atom stereocenters. The third-order valence-electron chi connectivity index (χ3n) is 20.9. The number of carbonyl (C=O) groups is 10. The summed E-state index contributed by atoms with van der Waals surface area (Å²) in [5.74, 6) is 2.77. The molecule has 3 aromatic rings. The Labute approximate surface area is 618 Å². The topological polar surface area (TPSA) is 378 Å². The zero-order valence-electron chi connectivity index (χ0n) is 61.4. The van der Waals surface area contributed by atoms with Crippen molar-refractivity contribution in [3.8, 4) is 11.8 Å². The summed E-state index contributed by atoms with van der Waals surface area (Å²) in [6.45, 7) is 12.7. The largest absolute Gasteiger partial charge is 0.445 e. The molecule has 0 bridgehead atoms. The van der Waals surface area contributed by atoms with Crippen molar-refractivity contribution in [2.24, 2.45) is 40.2 Å². The van der Waals surface area contributed by atoms with Gasteiger partial charge in [0.25, 0.3) is 0 Å². The number of hydrogen-bond donors (Lipinski definition) is 9. The molecule has 0 aromatic heterocycles. The summed E-state index contributed by atoms with van der Waals surface area (Å²) in [5, 5.41) is 30.7. The number of anilines is 2. The van der Waals surface area contributed by atoms with E-state index in [1.807, 2.05) is 68.5 Å². The molecule has 9 amide bonds. The average Bonchev–Trinajstić information content (AvgIpc) is 1.49. The molecule has 28 heteroatoms. The molecule has 4 aliphatic carbocycles. The number of Topliss-reactive ketones (excluding diaryl/α,β-unsaturated/α-hetero) is 1. The number of carbonyl (C=O) groups excluding carboxylic acids is 10. The standard InChI is InChI=1S/C78H103N9O19/c1-7-13-68-105-64-43-59-58-26-23-55-42-57(88)29-31-76(55,5)69(58)62(89)44-77(59,6)78(64,106-68)63(90)47-103-48-82-71(94)50(4)83-75(98)104-46-51-19-24-56(25-20-51)84-72(95)60(17-12-32-81-74(79)97)85-73(96)70(49(2)3)86-66(92)30-34-99-36-38-101-40-41-102-39-37-100-35-33-80-65(91)27-28-67(93)87-45-54-16-9-8-14-52(54)21-22-53-15-10-11-18-61(53)87/h8-11,14-16,18-20,24-25,29,31,42,49-50,58-60,62,64,68-70,89H,7,12-13,17,23,26-28,30,32-41,43-48H2,1-6H3,(H,80,91)(H,82,94)(H,83,98)(H,84,95)(H,85,96)(H,86,92)(H3,79,81,97)/t50-,58-,59-,60-,62-,64+,68?,69+,70-,76-,77-,78+/m0/s1. The van der Waals surface area contributed by atoms with Crippen molar-refractivity contribution in [1.29, 1.82) is 0 Å². The first-order valence-electron chi connectivity index (χ1n) is 36.8. The number of amides is 9. The first-order valence-corrected chi connectivity index (χ1v) is 36.8. The van der Waals surface area contributed by atoms with Crippen LogP contribution in [0.5, 0.6) is 0 Å². The highest BCUT2D eigenvalue weighted by atomic mass is 16.7. The number of rotatable bonds is 39. The van der Waals surface area contributed by atoms with Crippen LogP contribution in [0.3, 0.4) is 0 Å². The minimum absolute atomic E-state index is 0.0205. The van der Waals surface area contributed by atoms with Crippen LogP contribution in [0.4, 0.5) is 21.0 Å². The lowest BCUT2D eigenvalue weighted by Crippen LogP contribution is -2.63. The van der Waals surface area contributed by atoms with Crippen LogP contribution in [0.25, 0.3) is 0 Å². The Morgan fingerprint density at radius 1 is 0.745 bits per heavy atom. The molecule has 3 aromatic carbocycles. The maximum absolute atomic E-state index is 14.6. The van der Waals surface area contributed by atoms with Gasteiger partial charge in [0.05, 0.1) is 77.3 Å². The summed E-state index contributed by atoms with van der Waals surface area (Å²) in [4.78, 5) is 133. The maximum Gasteiger partial charge on any atom is 0.408 e. The molecule has 12 atom stereocenters. The van der Waals surface area contributed by atoms with E-state index in [1.165, 1.54) is 6.92 Å². The molecule has 2 aliphatic heterocycles. The third-order valence-corrected chi connectivity index (χ3v) is 20.9. The fourth-order valence-corrected chi connectivity index (χ4v) is 15.5. The van der Waals surface area contributed by atoms with Crippen molar-refractivity contribution >= 4 is 70.5 Å². The highest BCUT2D eigenvalue weighted by molar-refractivity contribution is 6.01. The highest BCUT2D eigenvalue weighted by Crippen LogP contribution is 2.70. The van der Waals surface area contributed by atoms with Gasteiger partial charge in [-0.05, 0) is 123 Å². The molecule has 0 radical (unpaired) electrons. The molecule has 574 valence electrons. The second kappa shape index (κ2) is 38.6. The number of primary amides is 1. The van der Waals surface area contributed by atoms with Crippen molar-refractivity contribution in [2.75, 3.05) is 89.5 Å². The zero-order chi connectivity index (χ0) is 76.0. The Morgan fingerprint density at radius 3 is 2.15 bits per heavy atom. The van der Waals surface area contributed by atoms with Crippen LogP contribution in [0.1, 0.15) is 134 Å². The molecule has 28 nitrogen and oxygen atoms in total. The molecular weight excluding hydrogens is 1370 g/mol. The van der Waals surface area contributed by atoms with Crippen LogP contribution in [-0.4, -0.2) is 186 Å². The van der Waals surface area contributed by atoms with E-state index in [1.54, 1.807) is 55.2 Å². The predicted octanol–water partition coefficient (Wildman–Crippen LogP) is 5.44. The van der Waals surface area contributed by atoms with E-state index in [2.05, 4.69) is 56.0 Å². The quantitative estimate of drug-likeness (QED) is 0.0195. The van der Waals surface area contributed by atoms with Crippen molar-refractivity contribution in [1.82, 2.24) is 31.9 Å². The highest BCUT2D eigenvalue weighted by Gasteiger charge is 2.76. The van der Waals surface area contributed by atoms with Gasteiger partial charge in [-0.2, -0.15) is 0 Å². The van der Waals surface area contributed by atoms with Crippen molar-refractivity contribution in [3.63, 3.8) is 0 Å². The fraction of sp³-hybridized carbons (Fsp3) is 0.564. The number of aliphatic hydroxyl groups excluding tert-OH is 1. The number of para-hydroxylation sites is 1. The Bertz CT molecular complexity index is 3740. The summed E-state index contributed by atoms with van der Waals surface area (Å²) in [6, 6.07) is 17.6. The van der Waals surface area contributed by atoms with Gasteiger partial charge in [0.1, 0.15) is 38.1 Å². The fourth-order valence-electron chi connectivity index (χ4n) is 15.5. The number of allylic oxidation sites excluding steroid dienone is 4. The maximum atomic E-state index is 14.6. The minimum Gasteiger partial charge on any atom is -0.445 e. The second-order valence-electron chi connectivity index (χ2n) is 28.5. The molecule has 1 saturated heterocycles. The number of nitrogens with one attached hydrogen (secondary N) is 7. The number of urea groups is 1. The van der Waals surface area contributed by atoms with Crippen LogP contribution in [0.2, 0.25) is 0 Å². The van der Waals surface area contributed by atoms with Gasteiger partial charge in [0, 0.05) is 65.9 Å². The number of ether oxygens (including phenoxy) is 8. The van der Waals surface area contributed by atoms with E-state index < -0.39 is 95.4 Å². The Kier molecular flexibility index (Phi) is 29.5.